The molecule has 2 atom stereocenters. The van der Waals surface area contributed by atoms with Crippen LogP contribution in [0.15, 0.2) is 50.0 Å². The van der Waals surface area contributed by atoms with E-state index in [0.29, 0.717) is 20.8 Å². The third-order valence-electron chi connectivity index (χ3n) is 5.77. The lowest BCUT2D eigenvalue weighted by atomic mass is 10.0. The number of anilines is 1. The number of rotatable bonds is 11. The Morgan fingerprint density at radius 3 is 2.72 bits per heavy atom. The standard InChI is InChI=1S/C22H21N8O8PS4/c1-3-38-26-13(16-25-21(43-28-16)27-39(35,36)37)17(31)24-14-18(32)30-15(20(33)34)12(9-40-19(14)30)42-22-23-11(8-41-22)10-4-6-29(2)7-5-10/h4-8,14,19H,3,9H2,1-2H3,(H4-,24,25,27,28,31,33,34,35,36,37)/p+1. The molecule has 21 heteroatoms. The van der Waals surface area contributed by atoms with E-state index in [-0.39, 0.29) is 29.0 Å². The van der Waals surface area contributed by atoms with Crippen LogP contribution in [0, 0.1) is 0 Å². The van der Waals surface area contributed by atoms with Gasteiger partial charge in [-0.25, -0.2) is 18.9 Å². The van der Waals surface area contributed by atoms with E-state index in [4.69, 9.17) is 14.6 Å². The predicted octanol–water partition coefficient (Wildman–Crippen LogP) is 1.22. The molecule has 3 aromatic heterocycles. The maximum atomic E-state index is 13.2. The van der Waals surface area contributed by atoms with Crippen LogP contribution < -0.4 is 15.0 Å². The highest BCUT2D eigenvalue weighted by Crippen LogP contribution is 2.46. The summed E-state index contributed by atoms with van der Waals surface area (Å²) >= 11 is 4.40. The smallest absolute Gasteiger partial charge is 0.429 e. The lowest BCUT2D eigenvalue weighted by molar-refractivity contribution is -0.671. The van der Waals surface area contributed by atoms with Crippen molar-refractivity contribution in [2.75, 3.05) is 17.4 Å². The van der Waals surface area contributed by atoms with Crippen LogP contribution >= 0.6 is 54.1 Å². The minimum Gasteiger partial charge on any atom is -0.477 e. The summed E-state index contributed by atoms with van der Waals surface area (Å²) in [5, 5.41) is 19.0. The van der Waals surface area contributed by atoms with Gasteiger partial charge in [0.1, 0.15) is 30.8 Å². The molecule has 2 amide bonds. The third-order valence-corrected chi connectivity index (χ3v) is 10.5. The molecule has 2 unspecified atom stereocenters. The highest BCUT2D eigenvalue weighted by atomic mass is 32.2. The van der Waals surface area contributed by atoms with E-state index in [1.807, 2.05) is 46.6 Å². The number of carboxylic acids is 1. The summed E-state index contributed by atoms with van der Waals surface area (Å²) in [4.78, 5) is 71.9. The Kier molecular flexibility index (Phi) is 9.16. The van der Waals surface area contributed by atoms with E-state index in [9.17, 15) is 24.1 Å². The van der Waals surface area contributed by atoms with Crippen molar-refractivity contribution in [2.45, 2.75) is 22.7 Å². The maximum absolute atomic E-state index is 13.2. The topological polar surface area (TPSA) is 220 Å². The number of oxime groups is 1. The molecule has 2 aliphatic rings. The summed E-state index contributed by atoms with van der Waals surface area (Å²) < 4.78 is 17.6. The van der Waals surface area contributed by atoms with Crippen molar-refractivity contribution in [1.82, 2.24) is 24.6 Å². The van der Waals surface area contributed by atoms with Gasteiger partial charge in [-0.05, 0) is 6.92 Å². The number of pyridine rings is 1. The first-order valence-electron chi connectivity index (χ1n) is 12.1. The Bertz CT molecular complexity index is 1690. The van der Waals surface area contributed by atoms with Crippen LogP contribution in [-0.2, 0) is 30.8 Å². The van der Waals surface area contributed by atoms with Gasteiger partial charge in [0, 0.05) is 45.3 Å². The van der Waals surface area contributed by atoms with Crippen molar-refractivity contribution in [1.29, 1.82) is 0 Å². The average Bonchev–Trinajstić information content (AvgIpc) is 3.60. The Morgan fingerprint density at radius 2 is 2.05 bits per heavy atom. The number of aliphatic carboxylic acids is 1. The van der Waals surface area contributed by atoms with E-state index < -0.39 is 42.7 Å². The van der Waals surface area contributed by atoms with Gasteiger partial charge in [-0.15, -0.1) is 23.1 Å². The first-order valence-corrected chi connectivity index (χ1v) is 17.3. The second kappa shape index (κ2) is 12.7. The maximum Gasteiger partial charge on any atom is 0.429 e. The second-order valence-corrected chi connectivity index (χ2v) is 14.1. The van der Waals surface area contributed by atoms with Crippen LogP contribution in [0.4, 0.5) is 5.13 Å². The van der Waals surface area contributed by atoms with E-state index in [1.54, 1.807) is 6.92 Å². The summed E-state index contributed by atoms with van der Waals surface area (Å²) in [5.74, 6) is -2.84. The molecule has 5 rings (SSSR count). The first-order chi connectivity index (χ1) is 20.4. The van der Waals surface area contributed by atoms with E-state index in [0.717, 1.165) is 16.2 Å². The number of aryl methyl sites for hydroxylation is 1. The first kappa shape index (κ1) is 31.0. The number of thiazole rings is 1. The zero-order valence-electron chi connectivity index (χ0n) is 22.1. The lowest BCUT2D eigenvalue weighted by Crippen LogP contribution is -2.71. The number of hydrogen-bond acceptors (Lipinski definition) is 13. The van der Waals surface area contributed by atoms with Crippen molar-refractivity contribution < 1.29 is 43.2 Å². The average molecular weight is 686 g/mol. The minimum atomic E-state index is -4.67. The molecule has 0 saturated carbocycles. The normalized spacial score (nSPS) is 18.7. The molecule has 0 aromatic carbocycles. The molecule has 0 bridgehead atoms. The third kappa shape index (κ3) is 6.90. The molecule has 0 radical (unpaired) electrons. The molecule has 0 spiro atoms. The van der Waals surface area contributed by atoms with Crippen LogP contribution in [0.25, 0.3) is 11.3 Å². The minimum absolute atomic E-state index is 0.0843. The van der Waals surface area contributed by atoms with Crippen LogP contribution in [0.5, 0.6) is 0 Å². The van der Waals surface area contributed by atoms with Crippen LogP contribution in [0.1, 0.15) is 12.7 Å². The van der Waals surface area contributed by atoms with Gasteiger partial charge >= 0.3 is 13.7 Å². The molecular weight excluding hydrogens is 664 g/mol. The Hall–Kier alpha value is -3.39. The summed E-state index contributed by atoms with van der Waals surface area (Å²) in [6, 6.07) is 2.77. The van der Waals surface area contributed by atoms with Crippen molar-refractivity contribution in [3.63, 3.8) is 0 Å². The van der Waals surface area contributed by atoms with Crippen molar-refractivity contribution >= 4 is 82.8 Å². The van der Waals surface area contributed by atoms with E-state index in [2.05, 4.69) is 24.8 Å². The zero-order valence-corrected chi connectivity index (χ0v) is 26.3. The number of nitrogens with zero attached hydrogens (tertiary/aromatic N) is 6. The molecule has 1 fully saturated rings. The van der Waals surface area contributed by atoms with Gasteiger partial charge in [0.25, 0.3) is 11.8 Å². The fourth-order valence-corrected chi connectivity index (χ4v) is 8.60. The number of carboxylic acid groups (broad SMARTS) is 1. The van der Waals surface area contributed by atoms with Crippen LogP contribution in [0.3, 0.4) is 0 Å². The molecule has 5 N–H and O–H groups in total. The molecule has 3 aromatic rings. The Morgan fingerprint density at radius 1 is 1.30 bits per heavy atom. The molecule has 226 valence electrons. The largest absolute Gasteiger partial charge is 0.477 e. The van der Waals surface area contributed by atoms with Crippen LogP contribution in [-0.4, -0.2) is 81.4 Å². The SMILES string of the molecule is CCON=C(C(=O)NC1C(=O)N2C(C(=O)O)=C(Sc3nc(-c4cc[n+](C)cc4)cs3)CSC12)c1nsc(NP(=O)(O)O)n1. The fourth-order valence-electron chi connectivity index (χ4n) is 3.90. The lowest BCUT2D eigenvalue weighted by Gasteiger charge is -2.49. The molecule has 16 nitrogen and oxygen atoms in total. The predicted molar refractivity (Wildman–Crippen MR) is 158 cm³/mol. The molecule has 43 heavy (non-hydrogen) atoms. The summed E-state index contributed by atoms with van der Waals surface area (Å²) in [6.45, 7) is 1.70. The number of thioether (sulfide) groups is 2. The highest BCUT2D eigenvalue weighted by molar-refractivity contribution is 8.07. The monoisotopic (exact) mass is 685 g/mol. The molecule has 5 heterocycles. The quantitative estimate of drug-likeness (QED) is 0.0630. The van der Waals surface area contributed by atoms with Crippen molar-refractivity contribution in [2.24, 2.45) is 12.2 Å². The Balaban J connectivity index is 1.31. The number of fused-ring (bicyclic) bond motifs is 1. The fraction of sp³-hybridized carbons (Fsp3) is 0.273. The number of carbonyl (C=O) groups excluding carboxylic acids is 2. The van der Waals surface area contributed by atoms with Gasteiger partial charge in [0.15, 0.2) is 16.7 Å². The van der Waals surface area contributed by atoms with Gasteiger partial charge in [0.2, 0.25) is 16.7 Å². The molecule has 0 aliphatic carbocycles. The van der Waals surface area contributed by atoms with Crippen LogP contribution in [0.2, 0.25) is 0 Å². The zero-order chi connectivity index (χ0) is 30.9. The van der Waals surface area contributed by atoms with Crippen molar-refractivity contribution in [3.05, 3.63) is 46.3 Å². The molecule has 1 saturated heterocycles. The number of hydrogen-bond donors (Lipinski definition) is 5. The second-order valence-electron chi connectivity index (χ2n) is 8.73. The summed E-state index contributed by atoms with van der Waals surface area (Å²) in [7, 11) is -2.77. The number of nitrogens with one attached hydrogen (secondary N) is 2. The van der Waals surface area contributed by atoms with Gasteiger partial charge in [0.05, 0.1) is 5.69 Å². The number of amides is 2. The van der Waals surface area contributed by atoms with Crippen molar-refractivity contribution in [3.8, 4) is 11.3 Å². The van der Waals surface area contributed by atoms with E-state index >= 15 is 0 Å². The van der Waals surface area contributed by atoms with Gasteiger partial charge in [-0.2, -0.15) is 9.36 Å². The van der Waals surface area contributed by atoms with Gasteiger partial charge < -0.3 is 25.0 Å². The number of β-lactam (4-membered cyclic amide) rings is 1. The van der Waals surface area contributed by atoms with E-state index in [1.165, 1.54) is 34.9 Å². The van der Waals surface area contributed by atoms with Gasteiger partial charge in [-0.1, -0.05) is 16.9 Å². The molecular formula is C22H22N8O8PS4+. The summed E-state index contributed by atoms with van der Waals surface area (Å²) in [6.07, 6.45) is 3.80. The number of carbonyl (C=O) groups is 3. The summed E-state index contributed by atoms with van der Waals surface area (Å²) in [5.41, 5.74) is 1.06. The number of aromatic nitrogens is 4. The highest BCUT2D eigenvalue weighted by Gasteiger charge is 2.54. The molecule has 2 aliphatic heterocycles. The van der Waals surface area contributed by atoms with Gasteiger partial charge in [-0.3, -0.25) is 19.6 Å². The Labute approximate surface area is 259 Å².